The van der Waals surface area contributed by atoms with Crippen molar-refractivity contribution in [3.8, 4) is 0 Å². The standard InChI is InChI=1S/C13H21NO2/c1-10(2)5-4-6-11(3)14-13(15)12-7-8-16-9-12/h7-11H,4-6H2,1-3H3,(H,14,15). The average Bonchev–Trinajstić information content (AvgIpc) is 2.69. The van der Waals surface area contributed by atoms with Gasteiger partial charge in [0.25, 0.3) is 5.91 Å². The van der Waals surface area contributed by atoms with Crippen molar-refractivity contribution < 1.29 is 9.21 Å². The first-order valence-electron chi connectivity index (χ1n) is 5.92. The Morgan fingerprint density at radius 2 is 2.12 bits per heavy atom. The zero-order valence-corrected chi connectivity index (χ0v) is 10.3. The smallest absolute Gasteiger partial charge is 0.254 e. The number of nitrogens with one attached hydrogen (secondary N) is 1. The predicted molar refractivity (Wildman–Crippen MR) is 64.3 cm³/mol. The van der Waals surface area contributed by atoms with Crippen LogP contribution in [0.4, 0.5) is 0 Å². The maximum atomic E-state index is 11.6. The molecule has 0 aliphatic carbocycles. The molecule has 16 heavy (non-hydrogen) atoms. The molecule has 0 bridgehead atoms. The van der Waals surface area contributed by atoms with Gasteiger partial charge in [0, 0.05) is 6.04 Å². The van der Waals surface area contributed by atoms with Crippen molar-refractivity contribution in [1.29, 1.82) is 0 Å². The average molecular weight is 223 g/mol. The number of carbonyl (C=O) groups excluding carboxylic acids is 1. The van der Waals surface area contributed by atoms with Gasteiger partial charge in [-0.05, 0) is 25.3 Å². The maximum absolute atomic E-state index is 11.6. The first kappa shape index (κ1) is 12.8. The summed E-state index contributed by atoms with van der Waals surface area (Å²) < 4.78 is 4.87. The first-order valence-corrected chi connectivity index (χ1v) is 5.92. The minimum absolute atomic E-state index is 0.0502. The molecule has 1 aromatic rings. The van der Waals surface area contributed by atoms with Gasteiger partial charge in [-0.2, -0.15) is 0 Å². The lowest BCUT2D eigenvalue weighted by Gasteiger charge is -2.13. The molecule has 1 heterocycles. The van der Waals surface area contributed by atoms with E-state index in [0.29, 0.717) is 5.56 Å². The third-order valence-electron chi connectivity index (χ3n) is 2.58. The fourth-order valence-electron chi connectivity index (χ4n) is 1.61. The second-order valence-corrected chi connectivity index (χ2v) is 4.71. The minimum Gasteiger partial charge on any atom is -0.472 e. The summed E-state index contributed by atoms with van der Waals surface area (Å²) in [5.41, 5.74) is 0.593. The summed E-state index contributed by atoms with van der Waals surface area (Å²) in [6.45, 7) is 6.47. The second-order valence-electron chi connectivity index (χ2n) is 4.71. The van der Waals surface area contributed by atoms with Crippen molar-refractivity contribution in [2.75, 3.05) is 0 Å². The number of hydrogen-bond donors (Lipinski definition) is 1. The van der Waals surface area contributed by atoms with Gasteiger partial charge in [0.1, 0.15) is 6.26 Å². The van der Waals surface area contributed by atoms with Gasteiger partial charge in [-0.3, -0.25) is 4.79 Å². The van der Waals surface area contributed by atoms with Gasteiger partial charge >= 0.3 is 0 Å². The fraction of sp³-hybridized carbons (Fsp3) is 0.615. The Balaban J connectivity index is 2.24. The van der Waals surface area contributed by atoms with Gasteiger partial charge in [0.2, 0.25) is 0 Å². The van der Waals surface area contributed by atoms with Crippen LogP contribution < -0.4 is 5.32 Å². The SMILES string of the molecule is CC(C)CCCC(C)NC(=O)c1ccoc1. The lowest BCUT2D eigenvalue weighted by Crippen LogP contribution is -2.32. The normalized spacial score (nSPS) is 12.8. The van der Waals surface area contributed by atoms with E-state index in [0.717, 1.165) is 18.8 Å². The Hall–Kier alpha value is -1.25. The predicted octanol–water partition coefficient (Wildman–Crippen LogP) is 3.22. The van der Waals surface area contributed by atoms with E-state index < -0.39 is 0 Å². The Morgan fingerprint density at radius 1 is 1.38 bits per heavy atom. The molecule has 1 atom stereocenters. The van der Waals surface area contributed by atoms with E-state index in [-0.39, 0.29) is 11.9 Å². The molecule has 0 saturated heterocycles. The molecular formula is C13H21NO2. The molecule has 0 aromatic carbocycles. The van der Waals surface area contributed by atoms with Crippen molar-refractivity contribution in [3.63, 3.8) is 0 Å². The van der Waals surface area contributed by atoms with Crippen LogP contribution >= 0.6 is 0 Å². The number of amides is 1. The molecule has 0 radical (unpaired) electrons. The number of hydrogen-bond acceptors (Lipinski definition) is 2. The van der Waals surface area contributed by atoms with Crippen LogP contribution in [-0.2, 0) is 0 Å². The monoisotopic (exact) mass is 223 g/mol. The van der Waals surface area contributed by atoms with Crippen LogP contribution in [0.25, 0.3) is 0 Å². The van der Waals surface area contributed by atoms with Gasteiger partial charge < -0.3 is 9.73 Å². The molecular weight excluding hydrogens is 202 g/mol. The fourth-order valence-corrected chi connectivity index (χ4v) is 1.61. The molecule has 90 valence electrons. The van der Waals surface area contributed by atoms with Crippen molar-refractivity contribution in [2.24, 2.45) is 5.92 Å². The minimum atomic E-state index is -0.0502. The Bertz CT molecular complexity index is 304. The summed E-state index contributed by atoms with van der Waals surface area (Å²) in [7, 11) is 0. The van der Waals surface area contributed by atoms with Crippen molar-refractivity contribution >= 4 is 5.91 Å². The molecule has 0 aliphatic rings. The summed E-state index contributed by atoms with van der Waals surface area (Å²) >= 11 is 0. The molecule has 3 heteroatoms. The van der Waals surface area contributed by atoms with Crippen LogP contribution in [0.5, 0.6) is 0 Å². The van der Waals surface area contributed by atoms with Gasteiger partial charge in [0.15, 0.2) is 0 Å². The van der Waals surface area contributed by atoms with Crippen LogP contribution in [0.1, 0.15) is 50.4 Å². The Morgan fingerprint density at radius 3 is 2.69 bits per heavy atom. The zero-order valence-electron chi connectivity index (χ0n) is 10.3. The van der Waals surface area contributed by atoms with Crippen molar-refractivity contribution in [3.05, 3.63) is 24.2 Å². The maximum Gasteiger partial charge on any atom is 0.254 e. The summed E-state index contributed by atoms with van der Waals surface area (Å²) in [6, 6.07) is 1.90. The quantitative estimate of drug-likeness (QED) is 0.804. The van der Waals surface area contributed by atoms with E-state index in [1.54, 1.807) is 6.07 Å². The largest absolute Gasteiger partial charge is 0.472 e. The summed E-state index contributed by atoms with van der Waals surface area (Å²) in [6.07, 6.45) is 6.38. The highest BCUT2D eigenvalue weighted by atomic mass is 16.3. The van der Waals surface area contributed by atoms with E-state index in [2.05, 4.69) is 19.2 Å². The van der Waals surface area contributed by atoms with E-state index in [1.807, 2.05) is 6.92 Å². The highest BCUT2D eigenvalue weighted by Gasteiger charge is 2.10. The highest BCUT2D eigenvalue weighted by Crippen LogP contribution is 2.09. The second kappa shape index (κ2) is 6.36. The highest BCUT2D eigenvalue weighted by molar-refractivity contribution is 5.93. The lowest BCUT2D eigenvalue weighted by atomic mass is 10.0. The van der Waals surface area contributed by atoms with Gasteiger partial charge in [-0.1, -0.05) is 26.7 Å². The van der Waals surface area contributed by atoms with E-state index in [1.165, 1.54) is 18.9 Å². The van der Waals surface area contributed by atoms with Gasteiger partial charge in [-0.25, -0.2) is 0 Å². The lowest BCUT2D eigenvalue weighted by molar-refractivity contribution is 0.0937. The van der Waals surface area contributed by atoms with Gasteiger partial charge in [-0.15, -0.1) is 0 Å². The van der Waals surface area contributed by atoms with Crippen LogP contribution in [-0.4, -0.2) is 11.9 Å². The molecule has 1 rings (SSSR count). The van der Waals surface area contributed by atoms with E-state index in [4.69, 9.17) is 4.42 Å². The summed E-state index contributed by atoms with van der Waals surface area (Å²) in [5.74, 6) is 0.683. The van der Waals surface area contributed by atoms with Crippen molar-refractivity contribution in [1.82, 2.24) is 5.32 Å². The Kier molecular flexibility index (Phi) is 5.09. The first-order chi connectivity index (χ1) is 7.59. The third-order valence-corrected chi connectivity index (χ3v) is 2.58. The molecule has 1 N–H and O–H groups in total. The topological polar surface area (TPSA) is 42.2 Å². The van der Waals surface area contributed by atoms with Crippen LogP contribution in [0.15, 0.2) is 23.0 Å². The van der Waals surface area contributed by atoms with Gasteiger partial charge in [0.05, 0.1) is 11.8 Å². The molecule has 1 amide bonds. The van der Waals surface area contributed by atoms with Crippen LogP contribution in [0.2, 0.25) is 0 Å². The Labute approximate surface area is 97.2 Å². The molecule has 1 unspecified atom stereocenters. The molecule has 1 aromatic heterocycles. The molecule has 0 saturated carbocycles. The molecule has 0 aliphatic heterocycles. The summed E-state index contributed by atoms with van der Waals surface area (Å²) in [5, 5.41) is 2.96. The molecule has 0 fully saturated rings. The van der Waals surface area contributed by atoms with E-state index in [9.17, 15) is 4.79 Å². The van der Waals surface area contributed by atoms with Crippen LogP contribution in [0, 0.1) is 5.92 Å². The zero-order chi connectivity index (χ0) is 12.0. The van der Waals surface area contributed by atoms with Crippen molar-refractivity contribution in [2.45, 2.75) is 46.1 Å². The number of furan rings is 1. The third kappa shape index (κ3) is 4.51. The van der Waals surface area contributed by atoms with Crippen LogP contribution in [0.3, 0.4) is 0 Å². The summed E-state index contributed by atoms with van der Waals surface area (Å²) in [4.78, 5) is 11.6. The number of rotatable bonds is 6. The number of carbonyl (C=O) groups is 1. The molecule has 3 nitrogen and oxygen atoms in total. The van der Waals surface area contributed by atoms with E-state index >= 15 is 0 Å². The molecule has 0 spiro atoms.